The fourth-order valence-electron chi connectivity index (χ4n) is 2.43. The molecule has 7 heteroatoms. The van der Waals surface area contributed by atoms with Crippen LogP contribution in [0, 0.1) is 0 Å². The van der Waals surface area contributed by atoms with Crippen molar-refractivity contribution >= 4 is 23.2 Å². The van der Waals surface area contributed by atoms with Crippen molar-refractivity contribution in [3.05, 3.63) is 65.0 Å². The Morgan fingerprint density at radius 3 is 2.43 bits per heavy atom. The SMILES string of the molecule is CCC(C)(C)NC(=O)c1ccc(NCc2nc(-c3ccc(Cl)cc3)no2)cc1. The van der Waals surface area contributed by atoms with E-state index >= 15 is 0 Å². The number of hydrogen-bond donors (Lipinski definition) is 2. The maximum Gasteiger partial charge on any atom is 0.251 e. The third-order valence-electron chi connectivity index (χ3n) is 4.50. The van der Waals surface area contributed by atoms with Gasteiger partial charge in [0.2, 0.25) is 11.7 Å². The third kappa shape index (κ3) is 5.10. The van der Waals surface area contributed by atoms with Crippen LogP contribution in [0.1, 0.15) is 43.4 Å². The van der Waals surface area contributed by atoms with Crippen molar-refractivity contribution in [3.63, 3.8) is 0 Å². The molecule has 2 N–H and O–H groups in total. The summed E-state index contributed by atoms with van der Waals surface area (Å²) in [6, 6.07) is 14.5. The topological polar surface area (TPSA) is 80.0 Å². The van der Waals surface area contributed by atoms with Gasteiger partial charge in [0.1, 0.15) is 0 Å². The quantitative estimate of drug-likeness (QED) is 0.590. The van der Waals surface area contributed by atoms with E-state index in [2.05, 4.69) is 20.8 Å². The standard InChI is InChI=1S/C21H23ClN4O2/c1-4-21(2,3)25-20(27)15-7-11-17(12-8-15)23-13-18-24-19(26-28-18)14-5-9-16(22)10-6-14/h5-12,23H,4,13H2,1-3H3,(H,25,27). The molecule has 0 fully saturated rings. The van der Waals surface area contributed by atoms with Gasteiger partial charge >= 0.3 is 0 Å². The van der Waals surface area contributed by atoms with E-state index in [9.17, 15) is 4.79 Å². The van der Waals surface area contributed by atoms with Crippen LogP contribution in [0.25, 0.3) is 11.4 Å². The van der Waals surface area contributed by atoms with Crippen molar-refractivity contribution in [2.24, 2.45) is 0 Å². The van der Waals surface area contributed by atoms with E-state index < -0.39 is 0 Å². The molecule has 0 bridgehead atoms. The normalized spacial score (nSPS) is 11.3. The van der Waals surface area contributed by atoms with Gasteiger partial charge in [0, 0.05) is 27.4 Å². The van der Waals surface area contributed by atoms with Gasteiger partial charge in [-0.15, -0.1) is 0 Å². The first kappa shape index (κ1) is 19.9. The zero-order chi connectivity index (χ0) is 20.1. The summed E-state index contributed by atoms with van der Waals surface area (Å²) in [5, 5.41) is 10.9. The van der Waals surface area contributed by atoms with Crippen molar-refractivity contribution in [3.8, 4) is 11.4 Å². The van der Waals surface area contributed by atoms with Gasteiger partial charge in [0.15, 0.2) is 0 Å². The second-order valence-corrected chi connectivity index (χ2v) is 7.58. The Labute approximate surface area is 169 Å². The molecule has 1 heterocycles. The molecular formula is C21H23ClN4O2. The number of anilines is 1. The number of benzene rings is 2. The van der Waals surface area contributed by atoms with Crippen molar-refractivity contribution in [2.45, 2.75) is 39.3 Å². The monoisotopic (exact) mass is 398 g/mol. The second kappa shape index (κ2) is 8.44. The molecule has 0 atom stereocenters. The van der Waals surface area contributed by atoms with Gasteiger partial charge in [-0.25, -0.2) is 0 Å². The summed E-state index contributed by atoms with van der Waals surface area (Å²) in [7, 11) is 0. The van der Waals surface area contributed by atoms with Crippen molar-refractivity contribution in [1.29, 1.82) is 0 Å². The number of hydrogen-bond acceptors (Lipinski definition) is 5. The first-order chi connectivity index (χ1) is 13.4. The van der Waals surface area contributed by atoms with E-state index in [0.29, 0.717) is 28.8 Å². The van der Waals surface area contributed by atoms with Crippen LogP contribution in [-0.4, -0.2) is 21.6 Å². The minimum Gasteiger partial charge on any atom is -0.376 e. The number of rotatable bonds is 7. The second-order valence-electron chi connectivity index (χ2n) is 7.14. The van der Waals surface area contributed by atoms with Crippen LogP contribution in [0.15, 0.2) is 53.1 Å². The molecule has 0 unspecified atom stereocenters. The van der Waals surface area contributed by atoms with Crippen LogP contribution < -0.4 is 10.6 Å². The number of aromatic nitrogens is 2. The van der Waals surface area contributed by atoms with E-state index in [4.69, 9.17) is 16.1 Å². The Hall–Kier alpha value is -2.86. The van der Waals surface area contributed by atoms with Crippen LogP contribution >= 0.6 is 11.6 Å². The summed E-state index contributed by atoms with van der Waals surface area (Å²) in [6.07, 6.45) is 0.862. The van der Waals surface area contributed by atoms with E-state index in [1.165, 1.54) is 0 Å². The molecule has 0 aliphatic carbocycles. The average Bonchev–Trinajstić information content (AvgIpc) is 3.16. The maximum absolute atomic E-state index is 12.3. The first-order valence-corrected chi connectivity index (χ1v) is 9.49. The Morgan fingerprint density at radius 2 is 1.79 bits per heavy atom. The van der Waals surface area contributed by atoms with Crippen molar-refractivity contribution in [1.82, 2.24) is 15.5 Å². The number of halogens is 1. The van der Waals surface area contributed by atoms with Gasteiger partial charge < -0.3 is 15.2 Å². The summed E-state index contributed by atoms with van der Waals surface area (Å²) in [5.74, 6) is 0.901. The lowest BCUT2D eigenvalue weighted by Gasteiger charge is -2.24. The van der Waals surface area contributed by atoms with Gasteiger partial charge in [0.05, 0.1) is 6.54 Å². The lowest BCUT2D eigenvalue weighted by molar-refractivity contribution is 0.0911. The highest BCUT2D eigenvalue weighted by molar-refractivity contribution is 6.30. The van der Waals surface area contributed by atoms with Crippen molar-refractivity contribution < 1.29 is 9.32 Å². The molecular weight excluding hydrogens is 376 g/mol. The molecule has 1 aromatic heterocycles. The zero-order valence-electron chi connectivity index (χ0n) is 16.1. The van der Waals surface area contributed by atoms with E-state index in [1.807, 2.05) is 45.0 Å². The Morgan fingerprint density at radius 1 is 1.11 bits per heavy atom. The highest BCUT2D eigenvalue weighted by Gasteiger charge is 2.18. The molecule has 3 rings (SSSR count). The van der Waals surface area contributed by atoms with E-state index in [1.54, 1.807) is 24.3 Å². The van der Waals surface area contributed by atoms with E-state index in [0.717, 1.165) is 17.7 Å². The molecule has 6 nitrogen and oxygen atoms in total. The van der Waals surface area contributed by atoms with Gasteiger partial charge in [0.25, 0.3) is 5.91 Å². The van der Waals surface area contributed by atoms with Crippen molar-refractivity contribution in [2.75, 3.05) is 5.32 Å². The number of carbonyl (C=O) groups is 1. The summed E-state index contributed by atoms with van der Waals surface area (Å²) in [6.45, 7) is 6.44. The van der Waals surface area contributed by atoms with Gasteiger partial charge in [-0.1, -0.05) is 23.7 Å². The van der Waals surface area contributed by atoms with Crippen LogP contribution in [0.2, 0.25) is 5.02 Å². The zero-order valence-corrected chi connectivity index (χ0v) is 16.9. The summed E-state index contributed by atoms with van der Waals surface area (Å²) in [5.41, 5.74) is 2.09. The number of nitrogens with zero attached hydrogens (tertiary/aromatic N) is 2. The molecule has 0 aliphatic heterocycles. The van der Waals surface area contributed by atoms with Gasteiger partial charge in [-0.3, -0.25) is 4.79 Å². The minimum absolute atomic E-state index is 0.0806. The fourth-order valence-corrected chi connectivity index (χ4v) is 2.55. The smallest absolute Gasteiger partial charge is 0.251 e. The molecule has 3 aromatic rings. The van der Waals surface area contributed by atoms with E-state index in [-0.39, 0.29) is 11.4 Å². The minimum atomic E-state index is -0.228. The molecule has 0 spiro atoms. The highest BCUT2D eigenvalue weighted by Crippen LogP contribution is 2.19. The average molecular weight is 399 g/mol. The highest BCUT2D eigenvalue weighted by atomic mass is 35.5. The Balaban J connectivity index is 1.58. The maximum atomic E-state index is 12.3. The Kier molecular flexibility index (Phi) is 5.99. The fraction of sp³-hybridized carbons (Fsp3) is 0.286. The lowest BCUT2D eigenvalue weighted by atomic mass is 10.0. The molecule has 146 valence electrons. The summed E-state index contributed by atoms with van der Waals surface area (Å²) >= 11 is 5.89. The summed E-state index contributed by atoms with van der Waals surface area (Å²) < 4.78 is 5.28. The third-order valence-corrected chi connectivity index (χ3v) is 4.75. The van der Waals surface area contributed by atoms with Crippen LogP contribution in [-0.2, 0) is 6.54 Å². The van der Waals surface area contributed by atoms with Crippen LogP contribution in [0.5, 0.6) is 0 Å². The molecule has 1 amide bonds. The molecule has 0 aliphatic rings. The molecule has 0 radical (unpaired) electrons. The van der Waals surface area contributed by atoms with Gasteiger partial charge in [-0.05, 0) is 68.8 Å². The first-order valence-electron chi connectivity index (χ1n) is 9.11. The largest absolute Gasteiger partial charge is 0.376 e. The number of amides is 1. The lowest BCUT2D eigenvalue weighted by Crippen LogP contribution is -2.42. The number of carbonyl (C=O) groups excluding carboxylic acids is 1. The summed E-state index contributed by atoms with van der Waals surface area (Å²) in [4.78, 5) is 16.7. The van der Waals surface area contributed by atoms with Crippen LogP contribution in [0.3, 0.4) is 0 Å². The molecule has 2 aromatic carbocycles. The molecule has 0 saturated carbocycles. The predicted octanol–water partition coefficient (Wildman–Crippen LogP) is 4.92. The van der Waals surface area contributed by atoms with Gasteiger partial charge in [-0.2, -0.15) is 4.98 Å². The number of nitrogens with one attached hydrogen (secondary N) is 2. The predicted molar refractivity (Wildman–Crippen MR) is 110 cm³/mol. The Bertz CT molecular complexity index is 934. The molecule has 0 saturated heterocycles. The molecule has 28 heavy (non-hydrogen) atoms. The van der Waals surface area contributed by atoms with Crippen LogP contribution in [0.4, 0.5) is 5.69 Å².